The molecule has 2 heterocycles. The number of aryl methyl sites for hydroxylation is 1. The molecule has 1 aromatic heterocycles. The van der Waals surface area contributed by atoms with Crippen molar-refractivity contribution < 1.29 is 9.59 Å². The van der Waals surface area contributed by atoms with Crippen LogP contribution in [0.4, 0.5) is 11.4 Å². The Kier molecular flexibility index (Phi) is 4.70. The highest BCUT2D eigenvalue weighted by Gasteiger charge is 2.28. The lowest BCUT2D eigenvalue weighted by molar-refractivity contribution is -0.117. The van der Waals surface area contributed by atoms with Crippen LogP contribution in [0.25, 0.3) is 0 Å². The van der Waals surface area contributed by atoms with Crippen molar-refractivity contribution in [2.24, 2.45) is 0 Å². The van der Waals surface area contributed by atoms with E-state index in [-0.39, 0.29) is 17.7 Å². The number of aromatic amines is 1. The van der Waals surface area contributed by atoms with Crippen molar-refractivity contribution >= 4 is 23.2 Å². The van der Waals surface area contributed by atoms with E-state index in [0.717, 1.165) is 17.0 Å². The largest absolute Gasteiger partial charge is 0.348 e. The number of imidazole rings is 1. The molecule has 1 unspecified atom stereocenters. The third-order valence-electron chi connectivity index (χ3n) is 4.71. The lowest BCUT2D eigenvalue weighted by atomic mass is 9.89. The fourth-order valence-electron chi connectivity index (χ4n) is 3.38. The number of nitrogens with zero attached hydrogens (tertiary/aromatic N) is 1. The lowest BCUT2D eigenvalue weighted by Gasteiger charge is -2.25. The van der Waals surface area contributed by atoms with Crippen molar-refractivity contribution in [2.75, 3.05) is 10.6 Å². The molecule has 0 saturated carbocycles. The highest BCUT2D eigenvalue weighted by molar-refractivity contribution is 5.97. The third kappa shape index (κ3) is 3.89. The Balaban J connectivity index is 1.47. The Hall–Kier alpha value is -3.41. The Bertz CT molecular complexity index is 952. The molecule has 27 heavy (non-hydrogen) atoms. The Morgan fingerprint density at radius 1 is 1.19 bits per heavy atom. The molecule has 0 fully saturated rings. The molecule has 4 rings (SSSR count). The number of anilines is 2. The number of H-pyrrole nitrogens is 1. The summed E-state index contributed by atoms with van der Waals surface area (Å²) in [5.74, 6) is 0.553. The fourth-order valence-corrected chi connectivity index (χ4v) is 3.38. The lowest BCUT2D eigenvalue weighted by Crippen LogP contribution is -2.24. The second-order valence-corrected chi connectivity index (χ2v) is 6.62. The van der Waals surface area contributed by atoms with Gasteiger partial charge in [0.2, 0.25) is 11.8 Å². The minimum atomic E-state index is -0.105. The van der Waals surface area contributed by atoms with Gasteiger partial charge in [0, 0.05) is 36.6 Å². The first-order chi connectivity index (χ1) is 13.2. The number of hydrogen-bond donors (Lipinski definition) is 3. The number of amides is 2. The van der Waals surface area contributed by atoms with E-state index in [1.54, 1.807) is 12.4 Å². The minimum absolute atomic E-state index is 0.0523. The average molecular weight is 360 g/mol. The maximum absolute atomic E-state index is 12.3. The molecule has 6 nitrogen and oxygen atoms in total. The summed E-state index contributed by atoms with van der Waals surface area (Å²) in [6.45, 7) is 0. The molecule has 0 radical (unpaired) electrons. The molecule has 3 aromatic rings. The van der Waals surface area contributed by atoms with Gasteiger partial charge < -0.3 is 15.6 Å². The van der Waals surface area contributed by atoms with Gasteiger partial charge in [-0.05, 0) is 29.7 Å². The molecule has 0 bridgehead atoms. The summed E-state index contributed by atoms with van der Waals surface area (Å²) < 4.78 is 0. The first-order valence-electron chi connectivity index (χ1n) is 8.96. The maximum atomic E-state index is 12.3. The third-order valence-corrected chi connectivity index (χ3v) is 4.71. The number of benzene rings is 2. The quantitative estimate of drug-likeness (QED) is 0.651. The summed E-state index contributed by atoms with van der Waals surface area (Å²) >= 11 is 0. The van der Waals surface area contributed by atoms with Crippen LogP contribution in [0, 0.1) is 0 Å². The van der Waals surface area contributed by atoms with E-state index >= 15 is 0 Å². The van der Waals surface area contributed by atoms with E-state index in [1.165, 1.54) is 0 Å². The van der Waals surface area contributed by atoms with Crippen molar-refractivity contribution in [1.29, 1.82) is 0 Å². The van der Waals surface area contributed by atoms with Crippen LogP contribution in [0.1, 0.15) is 35.7 Å². The summed E-state index contributed by atoms with van der Waals surface area (Å²) in [4.78, 5) is 31.7. The predicted octanol–water partition coefficient (Wildman–Crippen LogP) is 3.46. The Labute approximate surface area is 157 Å². The normalized spacial score (nSPS) is 15.7. The first-order valence-corrected chi connectivity index (χ1v) is 8.96. The van der Waals surface area contributed by atoms with E-state index < -0.39 is 0 Å². The molecular weight excluding hydrogens is 340 g/mol. The van der Waals surface area contributed by atoms with Gasteiger partial charge in [-0.3, -0.25) is 9.59 Å². The zero-order valence-electron chi connectivity index (χ0n) is 14.7. The van der Waals surface area contributed by atoms with Crippen molar-refractivity contribution in [2.45, 2.75) is 25.2 Å². The highest BCUT2D eigenvalue weighted by atomic mass is 16.2. The minimum Gasteiger partial charge on any atom is -0.348 e. The number of hydrogen-bond acceptors (Lipinski definition) is 3. The molecule has 1 aliphatic rings. The molecule has 3 N–H and O–H groups in total. The predicted molar refractivity (Wildman–Crippen MR) is 104 cm³/mol. The summed E-state index contributed by atoms with van der Waals surface area (Å²) in [6, 6.07) is 15.5. The van der Waals surface area contributed by atoms with Gasteiger partial charge in [0.25, 0.3) is 0 Å². The van der Waals surface area contributed by atoms with Crippen LogP contribution >= 0.6 is 0 Å². The van der Waals surface area contributed by atoms with Gasteiger partial charge in [-0.2, -0.15) is 0 Å². The van der Waals surface area contributed by atoms with Crippen LogP contribution in [0.3, 0.4) is 0 Å². The van der Waals surface area contributed by atoms with Crippen LogP contribution in [0.15, 0.2) is 60.9 Å². The zero-order chi connectivity index (χ0) is 18.6. The highest BCUT2D eigenvalue weighted by Crippen LogP contribution is 2.37. The van der Waals surface area contributed by atoms with Crippen molar-refractivity contribution in [3.63, 3.8) is 0 Å². The van der Waals surface area contributed by atoms with E-state index in [0.29, 0.717) is 30.6 Å². The van der Waals surface area contributed by atoms with Gasteiger partial charge >= 0.3 is 0 Å². The van der Waals surface area contributed by atoms with Gasteiger partial charge in [0.05, 0.1) is 5.92 Å². The molecule has 136 valence electrons. The second kappa shape index (κ2) is 7.45. The van der Waals surface area contributed by atoms with Gasteiger partial charge in [-0.15, -0.1) is 0 Å². The van der Waals surface area contributed by atoms with Crippen molar-refractivity contribution in [3.05, 3.63) is 77.9 Å². The van der Waals surface area contributed by atoms with Crippen LogP contribution in [0.5, 0.6) is 0 Å². The van der Waals surface area contributed by atoms with E-state index in [9.17, 15) is 9.59 Å². The van der Waals surface area contributed by atoms with E-state index in [1.807, 2.05) is 48.5 Å². The molecule has 2 amide bonds. The summed E-state index contributed by atoms with van der Waals surface area (Å²) in [5, 5.41) is 5.80. The smallest absolute Gasteiger partial charge is 0.225 e. The van der Waals surface area contributed by atoms with E-state index in [2.05, 4.69) is 20.6 Å². The number of carbonyl (C=O) groups is 2. The summed E-state index contributed by atoms with van der Waals surface area (Å²) in [5.41, 5.74) is 3.51. The maximum Gasteiger partial charge on any atom is 0.225 e. The Morgan fingerprint density at radius 2 is 2.04 bits per heavy atom. The molecule has 6 heteroatoms. The summed E-state index contributed by atoms with van der Waals surface area (Å²) in [6.07, 6.45) is 4.88. The van der Waals surface area contributed by atoms with Crippen LogP contribution in [-0.4, -0.2) is 21.8 Å². The number of fused-ring (bicyclic) bond motifs is 1. The van der Waals surface area contributed by atoms with Crippen LogP contribution in [-0.2, 0) is 16.0 Å². The van der Waals surface area contributed by atoms with Gasteiger partial charge in [0.1, 0.15) is 5.82 Å². The molecule has 0 saturated heterocycles. The standard InChI is InChI=1S/C21H20N4O2/c26-19(9-6-14-4-2-1-3-5-14)24-15-7-8-16-17(21-22-10-11-23-21)13-20(27)25-18(16)12-15/h1-5,7-8,10-12,17H,6,9,13H2,(H,22,23)(H,24,26)(H,25,27). The van der Waals surface area contributed by atoms with Gasteiger partial charge in [-0.25, -0.2) is 4.98 Å². The van der Waals surface area contributed by atoms with Gasteiger partial charge in [-0.1, -0.05) is 36.4 Å². The van der Waals surface area contributed by atoms with Crippen LogP contribution < -0.4 is 10.6 Å². The Morgan fingerprint density at radius 3 is 2.81 bits per heavy atom. The molecule has 0 spiro atoms. The van der Waals surface area contributed by atoms with Crippen molar-refractivity contribution in [3.8, 4) is 0 Å². The fraction of sp³-hybridized carbons (Fsp3) is 0.190. The molecule has 0 aliphatic carbocycles. The average Bonchev–Trinajstić information content (AvgIpc) is 3.21. The monoisotopic (exact) mass is 360 g/mol. The SMILES string of the molecule is O=C(CCc1ccccc1)Nc1ccc2c(c1)NC(=O)CC2c1ncc[nH]1. The van der Waals surface area contributed by atoms with Crippen molar-refractivity contribution in [1.82, 2.24) is 9.97 Å². The second-order valence-electron chi connectivity index (χ2n) is 6.62. The van der Waals surface area contributed by atoms with Gasteiger partial charge in [0.15, 0.2) is 0 Å². The molecule has 1 atom stereocenters. The topological polar surface area (TPSA) is 86.9 Å². The number of nitrogens with one attached hydrogen (secondary N) is 3. The zero-order valence-corrected chi connectivity index (χ0v) is 14.7. The first kappa shape index (κ1) is 17.0. The molecular formula is C21H20N4O2. The number of rotatable bonds is 5. The van der Waals surface area contributed by atoms with Crippen LogP contribution in [0.2, 0.25) is 0 Å². The molecule has 2 aromatic carbocycles. The molecule has 1 aliphatic heterocycles. The number of carbonyl (C=O) groups excluding carboxylic acids is 2. The summed E-state index contributed by atoms with van der Waals surface area (Å²) in [7, 11) is 0. The number of aromatic nitrogens is 2. The van der Waals surface area contributed by atoms with E-state index in [4.69, 9.17) is 0 Å².